The summed E-state index contributed by atoms with van der Waals surface area (Å²) in [6.45, 7) is 0. The Bertz CT molecular complexity index is 662. The first-order chi connectivity index (χ1) is 9.51. The molecule has 0 amide bonds. The molecule has 3 nitrogen and oxygen atoms in total. The molecule has 0 radical (unpaired) electrons. The number of pyridine rings is 1. The molecule has 0 unspecified atom stereocenters. The van der Waals surface area contributed by atoms with E-state index in [0.29, 0.717) is 10.8 Å². The topological polar surface area (TPSA) is 39.2 Å². The van der Waals surface area contributed by atoms with E-state index in [4.69, 9.17) is 27.9 Å². The largest absolute Gasteiger partial charge is 0.497 e. The van der Waals surface area contributed by atoms with Crippen molar-refractivity contribution in [2.45, 2.75) is 6.42 Å². The van der Waals surface area contributed by atoms with Crippen LogP contribution in [-0.2, 0) is 6.42 Å². The van der Waals surface area contributed by atoms with Crippen LogP contribution in [0.1, 0.15) is 16.1 Å². The second-order valence-corrected chi connectivity index (χ2v) is 5.74. The van der Waals surface area contributed by atoms with E-state index in [1.165, 1.54) is 12.3 Å². The number of Topliss-reactive ketones (excluding diaryl/α,β-unsaturated/α-hetero) is 1. The Morgan fingerprint density at radius 1 is 1.35 bits per heavy atom. The van der Waals surface area contributed by atoms with Crippen molar-refractivity contribution in [2.24, 2.45) is 0 Å². The molecule has 0 spiro atoms. The van der Waals surface area contributed by atoms with Crippen LogP contribution in [0.15, 0.2) is 34.9 Å². The standard InChI is InChI=1S/C14H10BrCl2NO2/c1-20-10-2-3-11(15)8(4-10)5-13(19)14-12(17)6-9(16)7-18-14/h2-4,6-7H,5H2,1H3. The summed E-state index contributed by atoms with van der Waals surface area (Å²) in [7, 11) is 1.58. The van der Waals surface area contributed by atoms with E-state index in [-0.39, 0.29) is 22.9 Å². The van der Waals surface area contributed by atoms with Crippen molar-refractivity contribution in [3.8, 4) is 5.75 Å². The van der Waals surface area contributed by atoms with Crippen LogP contribution in [0.25, 0.3) is 0 Å². The fourth-order valence-electron chi connectivity index (χ4n) is 1.69. The summed E-state index contributed by atoms with van der Waals surface area (Å²) in [6, 6.07) is 6.94. The average Bonchev–Trinajstić information content (AvgIpc) is 2.41. The maximum Gasteiger partial charge on any atom is 0.187 e. The highest BCUT2D eigenvalue weighted by Gasteiger charge is 2.15. The molecule has 1 aromatic heterocycles. The second-order valence-electron chi connectivity index (χ2n) is 4.04. The summed E-state index contributed by atoms with van der Waals surface area (Å²) in [6.07, 6.45) is 1.58. The third-order valence-corrected chi connectivity index (χ3v) is 3.94. The Morgan fingerprint density at radius 3 is 2.75 bits per heavy atom. The SMILES string of the molecule is COc1ccc(Br)c(CC(=O)c2ncc(Cl)cc2Cl)c1. The van der Waals surface area contributed by atoms with Crippen molar-refractivity contribution < 1.29 is 9.53 Å². The van der Waals surface area contributed by atoms with Crippen molar-refractivity contribution in [1.29, 1.82) is 0 Å². The van der Waals surface area contributed by atoms with Gasteiger partial charge in [0.2, 0.25) is 0 Å². The van der Waals surface area contributed by atoms with Gasteiger partial charge >= 0.3 is 0 Å². The van der Waals surface area contributed by atoms with E-state index in [2.05, 4.69) is 20.9 Å². The third-order valence-electron chi connectivity index (χ3n) is 2.68. The van der Waals surface area contributed by atoms with Gasteiger partial charge in [0.05, 0.1) is 17.2 Å². The number of carbonyl (C=O) groups is 1. The maximum absolute atomic E-state index is 12.2. The number of benzene rings is 1. The van der Waals surface area contributed by atoms with E-state index in [1.807, 2.05) is 12.1 Å². The van der Waals surface area contributed by atoms with E-state index < -0.39 is 0 Å². The van der Waals surface area contributed by atoms with Gasteiger partial charge in [-0.15, -0.1) is 0 Å². The Morgan fingerprint density at radius 2 is 2.10 bits per heavy atom. The van der Waals surface area contributed by atoms with E-state index >= 15 is 0 Å². The lowest BCUT2D eigenvalue weighted by Crippen LogP contribution is -2.07. The number of hydrogen-bond acceptors (Lipinski definition) is 3. The van der Waals surface area contributed by atoms with Crippen LogP contribution < -0.4 is 4.74 Å². The number of hydrogen-bond donors (Lipinski definition) is 0. The molecule has 0 aliphatic heterocycles. The number of ether oxygens (including phenoxy) is 1. The number of carbonyl (C=O) groups excluding carboxylic acids is 1. The molecule has 6 heteroatoms. The molecule has 0 aliphatic rings. The zero-order valence-corrected chi connectivity index (χ0v) is 13.6. The normalized spacial score (nSPS) is 10.4. The fourth-order valence-corrected chi connectivity index (χ4v) is 2.56. The summed E-state index contributed by atoms with van der Waals surface area (Å²) >= 11 is 15.2. The number of halogens is 3. The minimum atomic E-state index is -0.180. The van der Waals surface area contributed by atoms with Crippen LogP contribution in [-0.4, -0.2) is 17.9 Å². The van der Waals surface area contributed by atoms with Gasteiger partial charge in [0, 0.05) is 17.1 Å². The Labute approximate surface area is 135 Å². The zero-order valence-electron chi connectivity index (χ0n) is 10.5. The minimum Gasteiger partial charge on any atom is -0.497 e. The van der Waals surface area contributed by atoms with E-state index in [1.54, 1.807) is 13.2 Å². The van der Waals surface area contributed by atoms with Crippen LogP contribution >= 0.6 is 39.1 Å². The molecule has 0 atom stereocenters. The number of aromatic nitrogens is 1. The third kappa shape index (κ3) is 3.51. The Hall–Kier alpha value is -1.10. The van der Waals surface area contributed by atoms with Gasteiger partial charge in [0.15, 0.2) is 5.78 Å². The van der Waals surface area contributed by atoms with Crippen molar-refractivity contribution in [1.82, 2.24) is 4.98 Å². The lowest BCUT2D eigenvalue weighted by atomic mass is 10.1. The summed E-state index contributed by atoms with van der Waals surface area (Å²) in [4.78, 5) is 16.2. The molecule has 0 fully saturated rings. The van der Waals surface area contributed by atoms with Crippen LogP contribution in [0.5, 0.6) is 5.75 Å². The smallest absolute Gasteiger partial charge is 0.187 e. The monoisotopic (exact) mass is 373 g/mol. The van der Waals surface area contributed by atoms with Crippen LogP contribution in [0.2, 0.25) is 10.0 Å². The number of rotatable bonds is 4. The van der Waals surface area contributed by atoms with Gasteiger partial charge in [-0.3, -0.25) is 4.79 Å². The van der Waals surface area contributed by atoms with Crippen LogP contribution in [0.3, 0.4) is 0 Å². The highest BCUT2D eigenvalue weighted by Crippen LogP contribution is 2.25. The number of methoxy groups -OCH3 is 1. The van der Waals surface area contributed by atoms with Crippen molar-refractivity contribution in [3.63, 3.8) is 0 Å². The van der Waals surface area contributed by atoms with Gasteiger partial charge < -0.3 is 4.74 Å². The molecule has 0 aliphatic carbocycles. The van der Waals surface area contributed by atoms with Gasteiger partial charge in [-0.2, -0.15) is 0 Å². The van der Waals surface area contributed by atoms with Gasteiger partial charge in [-0.1, -0.05) is 39.1 Å². The molecular formula is C14H10BrCl2NO2. The molecule has 0 saturated heterocycles. The average molecular weight is 375 g/mol. The molecule has 104 valence electrons. The van der Waals surface area contributed by atoms with Crippen molar-refractivity contribution in [3.05, 3.63) is 56.2 Å². The van der Waals surface area contributed by atoms with Gasteiger partial charge in [0.25, 0.3) is 0 Å². The summed E-state index contributed by atoms with van der Waals surface area (Å²) in [5.74, 6) is 0.506. The molecule has 0 saturated carbocycles. The Balaban J connectivity index is 2.27. The predicted molar refractivity (Wildman–Crippen MR) is 83.0 cm³/mol. The van der Waals surface area contributed by atoms with Crippen LogP contribution in [0, 0.1) is 0 Å². The van der Waals surface area contributed by atoms with Gasteiger partial charge in [0.1, 0.15) is 11.4 Å². The molecule has 1 aromatic carbocycles. The molecule has 2 rings (SSSR count). The highest BCUT2D eigenvalue weighted by atomic mass is 79.9. The zero-order chi connectivity index (χ0) is 14.7. The molecule has 20 heavy (non-hydrogen) atoms. The van der Waals surface area contributed by atoms with Gasteiger partial charge in [-0.25, -0.2) is 4.98 Å². The molecule has 0 N–H and O–H groups in total. The summed E-state index contributed by atoms with van der Waals surface area (Å²) < 4.78 is 5.98. The molecular weight excluding hydrogens is 365 g/mol. The van der Waals surface area contributed by atoms with E-state index in [0.717, 1.165) is 10.0 Å². The Kier molecular flexibility index (Phi) is 5.02. The lowest BCUT2D eigenvalue weighted by molar-refractivity contribution is 0.0988. The lowest BCUT2D eigenvalue weighted by Gasteiger charge is -2.07. The summed E-state index contributed by atoms with van der Waals surface area (Å²) in [5.41, 5.74) is 1.02. The van der Waals surface area contributed by atoms with E-state index in [9.17, 15) is 4.79 Å². The fraction of sp³-hybridized carbons (Fsp3) is 0.143. The molecule has 1 heterocycles. The molecule has 2 aromatic rings. The quantitative estimate of drug-likeness (QED) is 0.735. The van der Waals surface area contributed by atoms with Crippen molar-refractivity contribution >= 4 is 44.9 Å². The van der Waals surface area contributed by atoms with Crippen LogP contribution in [0.4, 0.5) is 0 Å². The first-order valence-electron chi connectivity index (χ1n) is 5.68. The van der Waals surface area contributed by atoms with Crippen molar-refractivity contribution in [2.75, 3.05) is 7.11 Å². The second kappa shape index (κ2) is 6.57. The molecule has 0 bridgehead atoms. The number of nitrogens with zero attached hydrogens (tertiary/aromatic N) is 1. The number of ketones is 1. The maximum atomic E-state index is 12.2. The first kappa shape index (κ1) is 15.3. The predicted octanol–water partition coefficient (Wildman–Crippen LogP) is 4.58. The van der Waals surface area contributed by atoms with Gasteiger partial charge in [-0.05, 0) is 29.8 Å². The summed E-state index contributed by atoms with van der Waals surface area (Å²) in [5, 5.41) is 0.649. The first-order valence-corrected chi connectivity index (χ1v) is 7.23. The highest BCUT2D eigenvalue weighted by molar-refractivity contribution is 9.10. The minimum absolute atomic E-state index is 0.173.